The first-order valence-corrected chi connectivity index (χ1v) is 10.5. The van der Waals surface area contributed by atoms with Crippen molar-refractivity contribution in [2.45, 2.75) is 31.3 Å². The van der Waals surface area contributed by atoms with E-state index in [2.05, 4.69) is 0 Å². The molecule has 0 aromatic heterocycles. The molecule has 0 spiro atoms. The highest BCUT2D eigenvalue weighted by atomic mass is 16.5. The lowest BCUT2D eigenvalue weighted by Crippen LogP contribution is -2.47. The van der Waals surface area contributed by atoms with E-state index in [1.165, 1.54) is 0 Å². The first kappa shape index (κ1) is 21.2. The van der Waals surface area contributed by atoms with Gasteiger partial charge < -0.3 is 28.6 Å². The Morgan fingerprint density at radius 3 is 2.29 bits per heavy atom. The van der Waals surface area contributed by atoms with E-state index in [9.17, 15) is 4.79 Å². The van der Waals surface area contributed by atoms with Crippen molar-refractivity contribution < 1.29 is 28.5 Å². The van der Waals surface area contributed by atoms with Crippen LogP contribution in [-0.4, -0.2) is 57.9 Å². The summed E-state index contributed by atoms with van der Waals surface area (Å²) in [5, 5.41) is 0. The highest BCUT2D eigenvalue weighted by Crippen LogP contribution is 2.45. The smallest absolute Gasteiger partial charge is 0.254 e. The van der Waals surface area contributed by atoms with Gasteiger partial charge in [0.2, 0.25) is 5.75 Å². The topological polar surface area (TPSA) is 66.5 Å². The van der Waals surface area contributed by atoms with Crippen LogP contribution in [-0.2, 0) is 0 Å². The SMILES string of the molecule is COc1cccc(OC[C@@H]2[C@@H]3CC[C@H](C3)N2C(=O)c2cc(OC)c(OC)c(OC)c2)c1. The van der Waals surface area contributed by atoms with Crippen LogP contribution in [0, 0.1) is 5.92 Å². The largest absolute Gasteiger partial charge is 0.497 e. The summed E-state index contributed by atoms with van der Waals surface area (Å²) in [7, 11) is 6.28. The van der Waals surface area contributed by atoms with Crippen LogP contribution in [0.15, 0.2) is 36.4 Å². The van der Waals surface area contributed by atoms with Crippen molar-refractivity contribution in [2.75, 3.05) is 35.0 Å². The number of likely N-dealkylation sites (tertiary alicyclic amines) is 1. The van der Waals surface area contributed by atoms with Crippen LogP contribution >= 0.6 is 0 Å². The number of benzene rings is 2. The normalized spacial score (nSPS) is 21.7. The zero-order valence-electron chi connectivity index (χ0n) is 18.4. The molecular weight excluding hydrogens is 398 g/mol. The van der Waals surface area contributed by atoms with Crippen LogP contribution in [0.1, 0.15) is 29.6 Å². The summed E-state index contributed by atoms with van der Waals surface area (Å²) in [6, 6.07) is 11.2. The van der Waals surface area contributed by atoms with E-state index in [1.807, 2.05) is 29.2 Å². The van der Waals surface area contributed by atoms with Gasteiger partial charge in [-0.25, -0.2) is 0 Å². The Labute approximate surface area is 182 Å². The molecule has 31 heavy (non-hydrogen) atoms. The van der Waals surface area contributed by atoms with Crippen LogP contribution in [0.2, 0.25) is 0 Å². The summed E-state index contributed by atoms with van der Waals surface area (Å²) >= 11 is 0. The summed E-state index contributed by atoms with van der Waals surface area (Å²) in [6.45, 7) is 0.449. The van der Waals surface area contributed by atoms with Crippen LogP contribution in [0.5, 0.6) is 28.7 Å². The Balaban J connectivity index is 1.57. The van der Waals surface area contributed by atoms with Gasteiger partial charge in [-0.2, -0.15) is 0 Å². The highest BCUT2D eigenvalue weighted by molar-refractivity contribution is 5.96. The van der Waals surface area contributed by atoms with Crippen molar-refractivity contribution in [3.05, 3.63) is 42.0 Å². The number of hydrogen-bond acceptors (Lipinski definition) is 6. The van der Waals surface area contributed by atoms with Crippen LogP contribution in [0.25, 0.3) is 0 Å². The summed E-state index contributed by atoms with van der Waals surface area (Å²) in [4.78, 5) is 15.6. The van der Waals surface area contributed by atoms with Crippen molar-refractivity contribution >= 4 is 5.91 Å². The number of carbonyl (C=O) groups excluding carboxylic acids is 1. The van der Waals surface area contributed by atoms with E-state index in [1.54, 1.807) is 40.6 Å². The van der Waals surface area contributed by atoms with Gasteiger partial charge in [-0.15, -0.1) is 0 Å². The molecule has 1 heterocycles. The molecule has 0 N–H and O–H groups in total. The monoisotopic (exact) mass is 427 g/mol. The number of hydrogen-bond donors (Lipinski definition) is 0. The first-order chi connectivity index (χ1) is 15.1. The molecule has 1 saturated carbocycles. The molecule has 0 radical (unpaired) electrons. The van der Waals surface area contributed by atoms with E-state index >= 15 is 0 Å². The zero-order chi connectivity index (χ0) is 22.0. The second-order valence-electron chi connectivity index (χ2n) is 7.91. The quantitative estimate of drug-likeness (QED) is 0.639. The van der Waals surface area contributed by atoms with Crippen molar-refractivity contribution in [1.29, 1.82) is 0 Å². The van der Waals surface area contributed by atoms with Gasteiger partial charge in [0.15, 0.2) is 11.5 Å². The van der Waals surface area contributed by atoms with Crippen LogP contribution < -0.4 is 23.7 Å². The fourth-order valence-electron chi connectivity index (χ4n) is 4.85. The summed E-state index contributed by atoms with van der Waals surface area (Å²) in [6.07, 6.45) is 3.16. The third kappa shape index (κ3) is 3.96. The Morgan fingerprint density at radius 1 is 0.935 bits per heavy atom. The lowest BCUT2D eigenvalue weighted by Gasteiger charge is -2.35. The highest BCUT2D eigenvalue weighted by Gasteiger charge is 2.48. The standard InChI is InChI=1S/C24H29NO6/c1-27-18-6-5-7-19(13-18)31-14-20-15-8-9-17(10-15)25(20)24(26)16-11-21(28-2)23(30-4)22(12-16)29-3/h5-7,11-13,15,17,20H,8-10,14H2,1-4H3/t15-,17-,20-/m1/s1. The number of piperidine rings is 1. The first-order valence-electron chi connectivity index (χ1n) is 10.5. The number of fused-ring (bicyclic) bond motifs is 2. The van der Waals surface area contributed by atoms with Gasteiger partial charge in [0.1, 0.15) is 18.1 Å². The Morgan fingerprint density at radius 2 is 1.65 bits per heavy atom. The van der Waals surface area contributed by atoms with Gasteiger partial charge in [-0.05, 0) is 49.4 Å². The van der Waals surface area contributed by atoms with Crippen LogP contribution in [0.3, 0.4) is 0 Å². The minimum absolute atomic E-state index is 0.0246. The molecular formula is C24H29NO6. The van der Waals surface area contributed by atoms with Crippen LogP contribution in [0.4, 0.5) is 0 Å². The van der Waals surface area contributed by atoms with E-state index in [0.717, 1.165) is 30.8 Å². The van der Waals surface area contributed by atoms with Gasteiger partial charge in [-0.3, -0.25) is 4.79 Å². The lowest BCUT2D eigenvalue weighted by atomic mass is 9.98. The van der Waals surface area contributed by atoms with Crippen molar-refractivity contribution in [1.82, 2.24) is 4.90 Å². The van der Waals surface area contributed by atoms with E-state index in [0.29, 0.717) is 35.3 Å². The maximum absolute atomic E-state index is 13.6. The summed E-state index contributed by atoms with van der Waals surface area (Å²) in [5.74, 6) is 3.31. The molecule has 1 amide bonds. The Hall–Kier alpha value is -3.09. The van der Waals surface area contributed by atoms with Crippen molar-refractivity contribution in [3.8, 4) is 28.7 Å². The lowest BCUT2D eigenvalue weighted by molar-refractivity contribution is 0.0505. The van der Waals surface area contributed by atoms with E-state index < -0.39 is 0 Å². The number of carbonyl (C=O) groups is 1. The molecule has 2 aliphatic rings. The van der Waals surface area contributed by atoms with Gasteiger partial charge >= 0.3 is 0 Å². The molecule has 166 valence electrons. The minimum atomic E-state index is -0.0364. The molecule has 7 heteroatoms. The molecule has 2 bridgehead atoms. The Bertz CT molecular complexity index is 920. The predicted octanol–water partition coefficient (Wildman–Crippen LogP) is 3.79. The minimum Gasteiger partial charge on any atom is -0.497 e. The fraction of sp³-hybridized carbons (Fsp3) is 0.458. The Kier molecular flexibility index (Phi) is 6.11. The molecule has 4 rings (SSSR count). The molecule has 7 nitrogen and oxygen atoms in total. The molecule has 3 atom stereocenters. The predicted molar refractivity (Wildman–Crippen MR) is 116 cm³/mol. The van der Waals surface area contributed by atoms with E-state index in [4.69, 9.17) is 23.7 Å². The summed E-state index contributed by atoms with van der Waals surface area (Å²) < 4.78 is 27.6. The summed E-state index contributed by atoms with van der Waals surface area (Å²) in [5.41, 5.74) is 0.522. The second kappa shape index (κ2) is 8.96. The van der Waals surface area contributed by atoms with Crippen molar-refractivity contribution in [3.63, 3.8) is 0 Å². The van der Waals surface area contributed by atoms with E-state index in [-0.39, 0.29) is 18.0 Å². The van der Waals surface area contributed by atoms with Gasteiger partial charge in [0, 0.05) is 17.7 Å². The number of rotatable bonds is 8. The number of ether oxygens (including phenoxy) is 5. The average molecular weight is 427 g/mol. The molecule has 1 aliphatic heterocycles. The number of amides is 1. The maximum Gasteiger partial charge on any atom is 0.254 e. The van der Waals surface area contributed by atoms with Gasteiger partial charge in [-0.1, -0.05) is 6.07 Å². The second-order valence-corrected chi connectivity index (χ2v) is 7.91. The maximum atomic E-state index is 13.6. The third-order valence-electron chi connectivity index (χ3n) is 6.35. The zero-order valence-corrected chi connectivity index (χ0v) is 18.4. The molecule has 0 unspecified atom stereocenters. The molecule has 2 aromatic rings. The molecule has 1 saturated heterocycles. The molecule has 1 aliphatic carbocycles. The van der Waals surface area contributed by atoms with Gasteiger partial charge in [0.05, 0.1) is 34.5 Å². The number of methoxy groups -OCH3 is 4. The van der Waals surface area contributed by atoms with Gasteiger partial charge in [0.25, 0.3) is 5.91 Å². The van der Waals surface area contributed by atoms with Crippen molar-refractivity contribution in [2.24, 2.45) is 5.92 Å². The molecule has 2 aromatic carbocycles. The average Bonchev–Trinajstić information content (AvgIpc) is 3.43. The number of nitrogens with zero attached hydrogens (tertiary/aromatic N) is 1. The fourth-order valence-corrected chi connectivity index (χ4v) is 4.85. The third-order valence-corrected chi connectivity index (χ3v) is 6.35. The molecule has 2 fully saturated rings.